The van der Waals surface area contributed by atoms with Gasteiger partial charge in [0.25, 0.3) is 0 Å². The Balaban J connectivity index is 2.39. The standard InChI is InChI=1S/C13H10N2OSe/c14-8-17-13-9-4-1-2-5-10(9)15-11(13)6-3-7-12(15)16/h1-2,4-5H,3,6-7H2. The Morgan fingerprint density at radius 2 is 2.12 bits per heavy atom. The summed E-state index contributed by atoms with van der Waals surface area (Å²) in [7, 11) is 0. The monoisotopic (exact) mass is 290 g/mol. The second-order valence-electron chi connectivity index (χ2n) is 4.07. The summed E-state index contributed by atoms with van der Waals surface area (Å²) >= 11 is -0.197. The van der Waals surface area contributed by atoms with E-state index in [0.29, 0.717) is 6.42 Å². The van der Waals surface area contributed by atoms with Crippen LogP contribution in [0.1, 0.15) is 23.3 Å². The Morgan fingerprint density at radius 3 is 2.94 bits per heavy atom. The molecule has 1 aromatic heterocycles. The van der Waals surface area contributed by atoms with Crippen molar-refractivity contribution in [1.82, 2.24) is 4.57 Å². The van der Waals surface area contributed by atoms with Crippen LogP contribution in [0.15, 0.2) is 24.3 Å². The molecule has 1 aliphatic heterocycles. The Morgan fingerprint density at radius 1 is 1.29 bits per heavy atom. The molecule has 0 unspecified atom stereocenters. The Hall–Kier alpha value is -1.56. The molecule has 0 amide bonds. The molecule has 0 N–H and O–H groups in total. The first-order valence-corrected chi connectivity index (χ1v) is 7.25. The number of hydrogen-bond donors (Lipinski definition) is 0. The normalized spacial score (nSPS) is 14.6. The number of benzene rings is 1. The molecule has 17 heavy (non-hydrogen) atoms. The van der Waals surface area contributed by atoms with Crippen molar-refractivity contribution in [3.05, 3.63) is 30.0 Å². The van der Waals surface area contributed by atoms with Gasteiger partial charge in [-0.05, 0) is 0 Å². The van der Waals surface area contributed by atoms with Gasteiger partial charge >= 0.3 is 105 Å². The van der Waals surface area contributed by atoms with E-state index < -0.39 is 0 Å². The van der Waals surface area contributed by atoms with E-state index in [-0.39, 0.29) is 20.9 Å². The molecule has 0 bridgehead atoms. The first-order chi connectivity index (χ1) is 8.33. The summed E-state index contributed by atoms with van der Waals surface area (Å²) < 4.78 is 2.93. The summed E-state index contributed by atoms with van der Waals surface area (Å²) in [5, 5.41) is 10.0. The summed E-state index contributed by atoms with van der Waals surface area (Å²) in [5.74, 6) is 0.169. The van der Waals surface area contributed by atoms with Crippen molar-refractivity contribution in [1.29, 1.82) is 5.26 Å². The van der Waals surface area contributed by atoms with E-state index in [2.05, 4.69) is 4.97 Å². The maximum atomic E-state index is 12.0. The SMILES string of the molecule is N#C[Se]c1c2n(c3ccccc13)C(=O)CCC2. The van der Waals surface area contributed by atoms with Crippen molar-refractivity contribution in [2.75, 3.05) is 0 Å². The quantitative estimate of drug-likeness (QED) is 0.746. The van der Waals surface area contributed by atoms with Gasteiger partial charge in [0.2, 0.25) is 0 Å². The zero-order valence-corrected chi connectivity index (χ0v) is 10.9. The zero-order chi connectivity index (χ0) is 11.8. The van der Waals surface area contributed by atoms with Crippen LogP contribution in [0.2, 0.25) is 0 Å². The van der Waals surface area contributed by atoms with Gasteiger partial charge in [0.1, 0.15) is 0 Å². The van der Waals surface area contributed by atoms with Crippen LogP contribution in [0.4, 0.5) is 0 Å². The molecular formula is C13H10N2OSe. The molecule has 0 saturated carbocycles. The molecule has 0 aliphatic carbocycles. The molecule has 4 heteroatoms. The third kappa shape index (κ3) is 1.51. The van der Waals surface area contributed by atoms with Gasteiger partial charge in [-0.25, -0.2) is 0 Å². The van der Waals surface area contributed by atoms with E-state index in [1.54, 1.807) is 0 Å². The van der Waals surface area contributed by atoms with Crippen LogP contribution in [0.3, 0.4) is 0 Å². The van der Waals surface area contributed by atoms with Crippen LogP contribution in [-0.2, 0) is 6.42 Å². The van der Waals surface area contributed by atoms with E-state index in [4.69, 9.17) is 5.26 Å². The van der Waals surface area contributed by atoms with Crippen molar-refractivity contribution >= 4 is 36.2 Å². The number of nitrogens with zero attached hydrogens (tertiary/aromatic N) is 2. The van der Waals surface area contributed by atoms with Crippen LogP contribution in [0.5, 0.6) is 0 Å². The summed E-state index contributed by atoms with van der Waals surface area (Å²) in [6, 6.07) is 7.90. The minimum absolute atomic E-state index is 0.169. The predicted molar refractivity (Wildman–Crippen MR) is 66.5 cm³/mol. The molecule has 0 fully saturated rings. The molecule has 0 spiro atoms. The third-order valence-corrected chi connectivity index (χ3v) is 4.70. The summed E-state index contributed by atoms with van der Waals surface area (Å²) in [6.45, 7) is 0. The number of carbonyl (C=O) groups excluding carboxylic acids is 1. The third-order valence-electron chi connectivity index (χ3n) is 3.12. The fraction of sp³-hybridized carbons (Fsp3) is 0.231. The van der Waals surface area contributed by atoms with Crippen molar-refractivity contribution < 1.29 is 4.79 Å². The van der Waals surface area contributed by atoms with E-state index in [0.717, 1.165) is 33.9 Å². The second-order valence-corrected chi connectivity index (χ2v) is 5.74. The zero-order valence-electron chi connectivity index (χ0n) is 9.14. The van der Waals surface area contributed by atoms with Crippen LogP contribution >= 0.6 is 0 Å². The molecule has 1 aliphatic rings. The van der Waals surface area contributed by atoms with Crippen molar-refractivity contribution in [3.63, 3.8) is 0 Å². The van der Waals surface area contributed by atoms with Gasteiger partial charge in [0, 0.05) is 0 Å². The van der Waals surface area contributed by atoms with Crippen molar-refractivity contribution in [2.45, 2.75) is 19.3 Å². The van der Waals surface area contributed by atoms with Crippen LogP contribution < -0.4 is 4.46 Å². The molecule has 2 aromatic rings. The van der Waals surface area contributed by atoms with E-state index in [1.807, 2.05) is 28.8 Å². The van der Waals surface area contributed by atoms with E-state index in [1.165, 1.54) is 0 Å². The summed E-state index contributed by atoms with van der Waals surface area (Å²) in [4.78, 5) is 14.3. The Labute approximate surface area is 105 Å². The molecule has 3 nitrogen and oxygen atoms in total. The van der Waals surface area contributed by atoms with E-state index in [9.17, 15) is 4.79 Å². The molecule has 0 atom stereocenters. The van der Waals surface area contributed by atoms with Crippen LogP contribution in [0, 0.1) is 10.2 Å². The van der Waals surface area contributed by atoms with Gasteiger partial charge in [-0.2, -0.15) is 0 Å². The molecule has 3 rings (SSSR count). The van der Waals surface area contributed by atoms with Gasteiger partial charge < -0.3 is 0 Å². The number of nitriles is 1. The predicted octanol–water partition coefficient (Wildman–Crippen LogP) is 1.43. The van der Waals surface area contributed by atoms with Crippen LogP contribution in [-0.4, -0.2) is 25.4 Å². The van der Waals surface area contributed by atoms with Gasteiger partial charge in [0.15, 0.2) is 0 Å². The average Bonchev–Trinajstić information content (AvgIpc) is 2.66. The topological polar surface area (TPSA) is 45.8 Å². The number of para-hydroxylation sites is 1. The summed E-state index contributed by atoms with van der Waals surface area (Å²) in [6.07, 6.45) is 2.44. The Kier molecular flexibility index (Phi) is 2.51. The fourth-order valence-electron chi connectivity index (χ4n) is 2.45. The second kappa shape index (κ2) is 4.03. The number of fused-ring (bicyclic) bond motifs is 3. The molecule has 84 valence electrons. The molecule has 0 saturated heterocycles. The van der Waals surface area contributed by atoms with Crippen molar-refractivity contribution in [2.24, 2.45) is 0 Å². The van der Waals surface area contributed by atoms with Gasteiger partial charge in [-0.15, -0.1) is 0 Å². The van der Waals surface area contributed by atoms with Crippen LogP contribution in [0.25, 0.3) is 10.9 Å². The minimum atomic E-state index is -0.197. The van der Waals surface area contributed by atoms with Crippen molar-refractivity contribution in [3.8, 4) is 4.97 Å². The van der Waals surface area contributed by atoms with Gasteiger partial charge in [0.05, 0.1) is 0 Å². The molecule has 0 radical (unpaired) electrons. The number of carbonyl (C=O) groups is 1. The van der Waals surface area contributed by atoms with Gasteiger partial charge in [-0.3, -0.25) is 0 Å². The number of hydrogen-bond acceptors (Lipinski definition) is 2. The molecule has 2 heterocycles. The van der Waals surface area contributed by atoms with Gasteiger partial charge in [-0.1, -0.05) is 0 Å². The molecule has 1 aromatic carbocycles. The number of aromatic nitrogens is 1. The first-order valence-electron chi connectivity index (χ1n) is 5.54. The molecular weight excluding hydrogens is 279 g/mol. The first kappa shape index (κ1) is 10.6. The summed E-state index contributed by atoms with van der Waals surface area (Å²) in [5.41, 5.74) is 2.04. The Bertz CT molecular complexity index is 651. The fourth-order valence-corrected chi connectivity index (χ4v) is 3.89. The number of rotatable bonds is 1. The maximum absolute atomic E-state index is 12.0. The average molecular weight is 289 g/mol. The van der Waals surface area contributed by atoms with E-state index >= 15 is 0 Å².